The number of aliphatic hydroxyl groups is 1. The lowest BCUT2D eigenvalue weighted by Crippen LogP contribution is -2.16. The van der Waals surface area contributed by atoms with Gasteiger partial charge >= 0.3 is 5.69 Å². The second-order valence-corrected chi connectivity index (χ2v) is 2.94. The van der Waals surface area contributed by atoms with E-state index in [9.17, 15) is 10.1 Å². The van der Waals surface area contributed by atoms with E-state index in [-0.39, 0.29) is 23.6 Å². The van der Waals surface area contributed by atoms with Crippen LogP contribution in [-0.4, -0.2) is 23.7 Å². The number of hydrogen-bond donors (Lipinski definition) is 2. The van der Waals surface area contributed by atoms with Gasteiger partial charge in [0.05, 0.1) is 30.2 Å². The molecule has 6 nitrogen and oxygen atoms in total. The molecule has 0 unspecified atom stereocenters. The largest absolute Gasteiger partial charge is 0.490 e. The number of ether oxygens (including phenoxy) is 1. The van der Waals surface area contributed by atoms with E-state index >= 15 is 0 Å². The molecule has 1 atom stereocenters. The molecule has 0 bridgehead atoms. The van der Waals surface area contributed by atoms with E-state index in [4.69, 9.17) is 15.6 Å². The lowest BCUT2D eigenvalue weighted by Gasteiger charge is -2.10. The summed E-state index contributed by atoms with van der Waals surface area (Å²) in [6.07, 6.45) is 0. The normalized spacial score (nSPS) is 12.2. The Kier molecular flexibility index (Phi) is 3.59. The van der Waals surface area contributed by atoms with E-state index in [0.717, 1.165) is 0 Å². The van der Waals surface area contributed by atoms with Gasteiger partial charge in [-0.3, -0.25) is 10.1 Å². The van der Waals surface area contributed by atoms with Crippen molar-refractivity contribution in [3.63, 3.8) is 0 Å². The number of benzene rings is 1. The Labute approximate surface area is 86.4 Å². The summed E-state index contributed by atoms with van der Waals surface area (Å²) in [7, 11) is 1.34. The van der Waals surface area contributed by atoms with Crippen LogP contribution in [0, 0.1) is 10.1 Å². The first kappa shape index (κ1) is 11.4. The lowest BCUT2D eigenvalue weighted by atomic mass is 10.1. The van der Waals surface area contributed by atoms with Crippen molar-refractivity contribution < 1.29 is 14.8 Å². The van der Waals surface area contributed by atoms with Crippen LogP contribution in [0.15, 0.2) is 18.2 Å². The van der Waals surface area contributed by atoms with Crippen LogP contribution >= 0.6 is 0 Å². The van der Waals surface area contributed by atoms with Crippen LogP contribution in [0.4, 0.5) is 5.69 Å². The Hall–Kier alpha value is -1.66. The summed E-state index contributed by atoms with van der Waals surface area (Å²) in [6, 6.07) is 3.80. The maximum atomic E-state index is 10.8. The molecule has 6 heteroatoms. The zero-order chi connectivity index (χ0) is 11.4. The van der Waals surface area contributed by atoms with E-state index < -0.39 is 11.0 Å². The third-order valence-corrected chi connectivity index (χ3v) is 2.03. The molecule has 0 spiro atoms. The minimum atomic E-state index is -0.777. The average Bonchev–Trinajstić information content (AvgIpc) is 2.26. The third-order valence-electron chi connectivity index (χ3n) is 2.03. The molecule has 0 amide bonds. The van der Waals surface area contributed by atoms with Crippen LogP contribution in [0.5, 0.6) is 5.75 Å². The van der Waals surface area contributed by atoms with Gasteiger partial charge in [0.2, 0.25) is 0 Å². The quantitative estimate of drug-likeness (QED) is 0.562. The predicted octanol–water partition coefficient (Wildman–Crippen LogP) is 0.595. The second-order valence-electron chi connectivity index (χ2n) is 2.94. The van der Waals surface area contributed by atoms with Gasteiger partial charge < -0.3 is 15.6 Å². The molecular weight excluding hydrogens is 200 g/mol. The third kappa shape index (κ3) is 2.23. The average molecular weight is 212 g/mol. The molecule has 0 aromatic heterocycles. The van der Waals surface area contributed by atoms with Gasteiger partial charge in [-0.05, 0) is 6.07 Å². The van der Waals surface area contributed by atoms with Crippen molar-refractivity contribution in [1.29, 1.82) is 0 Å². The van der Waals surface area contributed by atoms with E-state index in [0.29, 0.717) is 0 Å². The molecule has 0 aliphatic rings. The smallest absolute Gasteiger partial charge is 0.315 e. The Morgan fingerprint density at radius 2 is 2.33 bits per heavy atom. The number of nitrogens with zero attached hydrogens (tertiary/aromatic N) is 1. The number of nitro benzene ring substituents is 1. The van der Waals surface area contributed by atoms with Gasteiger partial charge in [0.1, 0.15) is 0 Å². The van der Waals surface area contributed by atoms with Crippen LogP contribution in [-0.2, 0) is 0 Å². The van der Waals surface area contributed by atoms with Crippen molar-refractivity contribution in [3.8, 4) is 5.75 Å². The second kappa shape index (κ2) is 4.72. The number of hydrogen-bond acceptors (Lipinski definition) is 5. The molecule has 15 heavy (non-hydrogen) atoms. The molecular formula is C9H12N2O4. The molecule has 0 fully saturated rings. The van der Waals surface area contributed by atoms with Crippen molar-refractivity contribution in [2.24, 2.45) is 5.73 Å². The molecule has 0 aliphatic heterocycles. The Bertz CT molecular complexity index is 367. The topological polar surface area (TPSA) is 98.6 Å². The number of aliphatic hydroxyl groups excluding tert-OH is 1. The first-order chi connectivity index (χ1) is 7.11. The standard InChI is InChI=1S/C9H12N2O4/c1-15-8-4-2-3-6(7(10)5-12)9(8)11(13)14/h2-4,7,12H,5,10H2,1H3/t7-/m1/s1. The highest BCUT2D eigenvalue weighted by Crippen LogP contribution is 2.33. The van der Waals surface area contributed by atoms with Crippen molar-refractivity contribution in [2.75, 3.05) is 13.7 Å². The molecule has 0 saturated carbocycles. The fraction of sp³-hybridized carbons (Fsp3) is 0.333. The van der Waals surface area contributed by atoms with E-state index in [1.165, 1.54) is 19.2 Å². The van der Waals surface area contributed by atoms with Gasteiger partial charge in [0.25, 0.3) is 0 Å². The van der Waals surface area contributed by atoms with Crippen molar-refractivity contribution in [1.82, 2.24) is 0 Å². The summed E-state index contributed by atoms with van der Waals surface area (Å²) in [5, 5.41) is 19.7. The molecule has 0 aliphatic carbocycles. The Balaban J connectivity index is 3.31. The van der Waals surface area contributed by atoms with Crippen LogP contribution in [0.3, 0.4) is 0 Å². The summed E-state index contributed by atoms with van der Waals surface area (Å²) >= 11 is 0. The first-order valence-electron chi connectivity index (χ1n) is 4.29. The number of methoxy groups -OCH3 is 1. The summed E-state index contributed by atoms with van der Waals surface area (Å²) in [6.45, 7) is -0.353. The van der Waals surface area contributed by atoms with Gasteiger partial charge in [0, 0.05) is 0 Å². The van der Waals surface area contributed by atoms with Gasteiger partial charge in [-0.25, -0.2) is 0 Å². The molecule has 0 heterocycles. The molecule has 1 aromatic carbocycles. The molecule has 1 rings (SSSR count). The van der Waals surface area contributed by atoms with Gasteiger partial charge in [-0.15, -0.1) is 0 Å². The van der Waals surface area contributed by atoms with Crippen LogP contribution in [0.25, 0.3) is 0 Å². The fourth-order valence-electron chi connectivity index (χ4n) is 1.30. The van der Waals surface area contributed by atoms with E-state index in [2.05, 4.69) is 0 Å². The monoisotopic (exact) mass is 212 g/mol. The lowest BCUT2D eigenvalue weighted by molar-refractivity contribution is -0.386. The number of nitro groups is 1. The number of para-hydroxylation sites is 1. The van der Waals surface area contributed by atoms with Crippen molar-refractivity contribution >= 4 is 5.69 Å². The number of rotatable bonds is 4. The Morgan fingerprint density at radius 1 is 1.67 bits per heavy atom. The molecule has 82 valence electrons. The highest BCUT2D eigenvalue weighted by Gasteiger charge is 2.23. The zero-order valence-electron chi connectivity index (χ0n) is 8.21. The summed E-state index contributed by atoms with van der Waals surface area (Å²) in [4.78, 5) is 10.2. The molecule has 1 aromatic rings. The fourth-order valence-corrected chi connectivity index (χ4v) is 1.30. The van der Waals surface area contributed by atoms with Crippen LogP contribution in [0.2, 0.25) is 0 Å². The minimum Gasteiger partial charge on any atom is -0.490 e. The number of nitrogens with two attached hydrogens (primary N) is 1. The van der Waals surface area contributed by atoms with Crippen LogP contribution in [0.1, 0.15) is 11.6 Å². The van der Waals surface area contributed by atoms with Gasteiger partial charge in [0.15, 0.2) is 5.75 Å². The van der Waals surface area contributed by atoms with Gasteiger partial charge in [-0.1, -0.05) is 12.1 Å². The van der Waals surface area contributed by atoms with E-state index in [1.54, 1.807) is 6.07 Å². The van der Waals surface area contributed by atoms with Crippen molar-refractivity contribution in [3.05, 3.63) is 33.9 Å². The predicted molar refractivity (Wildman–Crippen MR) is 53.7 cm³/mol. The maximum Gasteiger partial charge on any atom is 0.315 e. The first-order valence-corrected chi connectivity index (χ1v) is 4.29. The zero-order valence-corrected chi connectivity index (χ0v) is 8.21. The minimum absolute atomic E-state index is 0.140. The SMILES string of the molecule is COc1cccc([C@H](N)CO)c1[N+](=O)[O-]. The highest BCUT2D eigenvalue weighted by atomic mass is 16.6. The van der Waals surface area contributed by atoms with Gasteiger partial charge in [-0.2, -0.15) is 0 Å². The Morgan fingerprint density at radius 3 is 2.80 bits per heavy atom. The molecule has 0 radical (unpaired) electrons. The molecule has 3 N–H and O–H groups in total. The summed E-state index contributed by atoms with van der Waals surface area (Å²) in [5.74, 6) is 0.140. The highest BCUT2D eigenvalue weighted by molar-refractivity contribution is 5.54. The maximum absolute atomic E-state index is 10.8. The molecule has 0 saturated heterocycles. The van der Waals surface area contributed by atoms with Crippen LogP contribution < -0.4 is 10.5 Å². The van der Waals surface area contributed by atoms with Crippen molar-refractivity contribution in [2.45, 2.75) is 6.04 Å². The summed E-state index contributed by atoms with van der Waals surface area (Å²) in [5.41, 5.74) is 5.62. The summed E-state index contributed by atoms with van der Waals surface area (Å²) < 4.78 is 4.86. The van der Waals surface area contributed by atoms with E-state index in [1.807, 2.05) is 0 Å².